The van der Waals surface area contributed by atoms with E-state index in [1.54, 1.807) is 0 Å². The lowest BCUT2D eigenvalue weighted by Gasteiger charge is -2.16. The van der Waals surface area contributed by atoms with Gasteiger partial charge in [-0.25, -0.2) is 0 Å². The summed E-state index contributed by atoms with van der Waals surface area (Å²) in [6.45, 7) is 5.20. The van der Waals surface area contributed by atoms with Crippen LogP contribution in [0.4, 0.5) is 5.69 Å². The molecule has 0 bridgehead atoms. The highest BCUT2D eigenvalue weighted by atomic mass is 32.2. The number of hydrogen-bond donors (Lipinski definition) is 1. The molecule has 1 aromatic carbocycles. The van der Waals surface area contributed by atoms with E-state index in [1.807, 2.05) is 43.0 Å². The van der Waals surface area contributed by atoms with Gasteiger partial charge in [0.2, 0.25) is 11.8 Å². The second kappa shape index (κ2) is 8.40. The van der Waals surface area contributed by atoms with Gasteiger partial charge >= 0.3 is 0 Å². The fourth-order valence-electron chi connectivity index (χ4n) is 2.99. The van der Waals surface area contributed by atoms with Crippen LogP contribution >= 0.6 is 11.8 Å². The maximum atomic E-state index is 12.2. The molecule has 2 heterocycles. The van der Waals surface area contributed by atoms with Gasteiger partial charge in [0.05, 0.1) is 11.4 Å². The van der Waals surface area contributed by atoms with E-state index in [2.05, 4.69) is 10.5 Å². The fourth-order valence-corrected chi connectivity index (χ4v) is 3.97. The Morgan fingerprint density at radius 2 is 2.23 bits per heavy atom. The number of amides is 2. The molecule has 1 N–H and O–H groups in total. The third kappa shape index (κ3) is 4.66. The SMILES string of the molecule is Cc1noc(C)c1CSCC(=O)Nc1cccc(CN2CCCC2=O)c1. The Bertz CT molecular complexity index is 784. The van der Waals surface area contributed by atoms with E-state index >= 15 is 0 Å². The molecule has 1 aliphatic rings. The first-order valence-electron chi connectivity index (χ1n) is 8.69. The van der Waals surface area contributed by atoms with Gasteiger partial charge in [0.1, 0.15) is 5.76 Å². The van der Waals surface area contributed by atoms with Gasteiger partial charge in [0.25, 0.3) is 0 Å². The standard InChI is InChI=1S/C19H23N3O3S/c1-13-17(14(2)25-21-13)11-26-12-18(23)20-16-6-3-5-15(9-16)10-22-8-4-7-19(22)24/h3,5-6,9H,4,7-8,10-12H2,1-2H3,(H,20,23). The molecule has 0 spiro atoms. The fraction of sp³-hybridized carbons (Fsp3) is 0.421. The number of nitrogens with zero attached hydrogens (tertiary/aromatic N) is 2. The van der Waals surface area contributed by atoms with Crippen molar-refractivity contribution in [3.8, 4) is 0 Å². The zero-order chi connectivity index (χ0) is 18.5. The first kappa shape index (κ1) is 18.5. The van der Waals surface area contributed by atoms with Crippen LogP contribution in [0.5, 0.6) is 0 Å². The van der Waals surface area contributed by atoms with Crippen molar-refractivity contribution in [1.29, 1.82) is 0 Å². The highest BCUT2D eigenvalue weighted by Crippen LogP contribution is 2.20. The van der Waals surface area contributed by atoms with Crippen LogP contribution in [0.2, 0.25) is 0 Å². The zero-order valence-corrected chi connectivity index (χ0v) is 15.9. The topological polar surface area (TPSA) is 75.4 Å². The Hall–Kier alpha value is -2.28. The molecule has 6 nitrogen and oxygen atoms in total. The van der Waals surface area contributed by atoms with Crippen molar-refractivity contribution in [2.24, 2.45) is 0 Å². The number of rotatable bonds is 7. The second-order valence-corrected chi connectivity index (χ2v) is 7.45. The van der Waals surface area contributed by atoms with Gasteiger partial charge in [-0.05, 0) is 38.0 Å². The minimum Gasteiger partial charge on any atom is -0.361 e. The van der Waals surface area contributed by atoms with E-state index in [9.17, 15) is 9.59 Å². The molecule has 1 aromatic heterocycles. The lowest BCUT2D eigenvalue weighted by Crippen LogP contribution is -2.23. The van der Waals surface area contributed by atoms with E-state index in [4.69, 9.17) is 4.52 Å². The van der Waals surface area contributed by atoms with Crippen LogP contribution in [0.1, 0.15) is 35.4 Å². The van der Waals surface area contributed by atoms with Crippen LogP contribution in [0, 0.1) is 13.8 Å². The van der Waals surface area contributed by atoms with Crippen molar-refractivity contribution in [2.45, 2.75) is 39.0 Å². The zero-order valence-electron chi connectivity index (χ0n) is 15.1. The normalized spacial score (nSPS) is 14.1. The quantitative estimate of drug-likeness (QED) is 0.806. The number of carbonyl (C=O) groups excluding carboxylic acids is 2. The third-order valence-corrected chi connectivity index (χ3v) is 5.38. The number of thioether (sulfide) groups is 1. The largest absolute Gasteiger partial charge is 0.361 e. The predicted octanol–water partition coefficient (Wildman–Crippen LogP) is 3.29. The van der Waals surface area contributed by atoms with E-state index < -0.39 is 0 Å². The van der Waals surface area contributed by atoms with Crippen LogP contribution in [0.25, 0.3) is 0 Å². The summed E-state index contributed by atoms with van der Waals surface area (Å²) >= 11 is 1.53. The summed E-state index contributed by atoms with van der Waals surface area (Å²) in [6.07, 6.45) is 1.57. The summed E-state index contributed by atoms with van der Waals surface area (Å²) in [5.74, 6) is 2.02. The number of carbonyl (C=O) groups is 2. The summed E-state index contributed by atoms with van der Waals surface area (Å²) in [5.41, 5.74) is 3.72. The van der Waals surface area contributed by atoms with Crippen molar-refractivity contribution in [1.82, 2.24) is 10.1 Å². The maximum Gasteiger partial charge on any atom is 0.234 e. The number of likely N-dealkylation sites (tertiary alicyclic amines) is 1. The molecule has 26 heavy (non-hydrogen) atoms. The van der Waals surface area contributed by atoms with Crippen molar-refractivity contribution < 1.29 is 14.1 Å². The minimum absolute atomic E-state index is 0.0452. The van der Waals surface area contributed by atoms with Gasteiger partial charge in [-0.1, -0.05) is 17.3 Å². The summed E-state index contributed by atoms with van der Waals surface area (Å²) in [4.78, 5) is 25.8. The monoisotopic (exact) mass is 373 g/mol. The maximum absolute atomic E-state index is 12.2. The Labute approximate surface area is 157 Å². The summed E-state index contributed by atoms with van der Waals surface area (Å²) in [7, 11) is 0. The number of anilines is 1. The number of hydrogen-bond acceptors (Lipinski definition) is 5. The van der Waals surface area contributed by atoms with Crippen molar-refractivity contribution in [2.75, 3.05) is 17.6 Å². The van der Waals surface area contributed by atoms with Gasteiger partial charge in [-0.15, -0.1) is 11.8 Å². The average Bonchev–Trinajstić information content (AvgIpc) is 3.15. The number of nitrogens with one attached hydrogen (secondary N) is 1. The van der Waals surface area contributed by atoms with Crippen molar-refractivity contribution >= 4 is 29.3 Å². The molecule has 138 valence electrons. The second-order valence-electron chi connectivity index (χ2n) is 6.46. The molecule has 7 heteroatoms. The van der Waals surface area contributed by atoms with Crippen molar-refractivity contribution in [3.05, 3.63) is 46.8 Å². The molecule has 0 radical (unpaired) electrons. The molecule has 0 saturated carbocycles. The highest BCUT2D eigenvalue weighted by Gasteiger charge is 2.20. The molecule has 0 unspecified atom stereocenters. The molecule has 1 saturated heterocycles. The van der Waals surface area contributed by atoms with Gasteiger partial charge in [0, 0.05) is 36.5 Å². The Kier molecular flexibility index (Phi) is 5.98. The van der Waals surface area contributed by atoms with Crippen LogP contribution in [-0.2, 0) is 21.9 Å². The van der Waals surface area contributed by atoms with E-state index in [-0.39, 0.29) is 11.8 Å². The number of aryl methyl sites for hydroxylation is 2. The Morgan fingerprint density at radius 3 is 2.92 bits per heavy atom. The minimum atomic E-state index is -0.0452. The van der Waals surface area contributed by atoms with Crippen LogP contribution in [0.15, 0.2) is 28.8 Å². The first-order valence-corrected chi connectivity index (χ1v) is 9.84. The summed E-state index contributed by atoms with van der Waals surface area (Å²) in [5, 5.41) is 6.85. The average molecular weight is 373 g/mol. The Balaban J connectivity index is 1.49. The summed E-state index contributed by atoms with van der Waals surface area (Å²) < 4.78 is 5.13. The van der Waals surface area contributed by atoms with Gasteiger partial charge in [0.15, 0.2) is 0 Å². The molecule has 1 aliphatic heterocycles. The highest BCUT2D eigenvalue weighted by molar-refractivity contribution is 7.99. The smallest absolute Gasteiger partial charge is 0.234 e. The molecule has 0 aliphatic carbocycles. The van der Waals surface area contributed by atoms with Crippen molar-refractivity contribution in [3.63, 3.8) is 0 Å². The van der Waals surface area contributed by atoms with E-state index in [0.717, 1.165) is 41.2 Å². The molecular formula is C19H23N3O3S. The molecule has 2 amide bonds. The van der Waals surface area contributed by atoms with Crippen LogP contribution < -0.4 is 5.32 Å². The van der Waals surface area contributed by atoms with Gasteiger partial charge < -0.3 is 14.7 Å². The molecule has 2 aromatic rings. The van der Waals surface area contributed by atoms with Crippen LogP contribution in [-0.4, -0.2) is 34.2 Å². The van der Waals surface area contributed by atoms with Crippen LogP contribution in [0.3, 0.4) is 0 Å². The molecule has 3 rings (SSSR count). The number of aromatic nitrogens is 1. The Morgan fingerprint density at radius 1 is 1.38 bits per heavy atom. The lowest BCUT2D eigenvalue weighted by molar-refractivity contribution is -0.128. The molecular weight excluding hydrogens is 350 g/mol. The molecule has 1 fully saturated rings. The molecule has 0 atom stereocenters. The van der Waals surface area contributed by atoms with E-state index in [1.165, 1.54) is 11.8 Å². The predicted molar refractivity (Wildman–Crippen MR) is 102 cm³/mol. The number of benzene rings is 1. The first-order chi connectivity index (χ1) is 12.5. The summed E-state index contributed by atoms with van der Waals surface area (Å²) in [6, 6.07) is 7.69. The third-order valence-electron chi connectivity index (χ3n) is 4.42. The van der Waals surface area contributed by atoms with Gasteiger partial charge in [-0.3, -0.25) is 9.59 Å². The van der Waals surface area contributed by atoms with Gasteiger partial charge in [-0.2, -0.15) is 0 Å². The van der Waals surface area contributed by atoms with E-state index in [0.29, 0.717) is 24.5 Å². The lowest BCUT2D eigenvalue weighted by atomic mass is 10.2.